The standard InChI is InChI=1S/C17H22N2O/c1-17(20)8-10-19(11-9-17)16-7-6-13(12-18)14-4-2-3-5-15(14)16/h2-7,20H,8-12,18H2,1H3. The summed E-state index contributed by atoms with van der Waals surface area (Å²) >= 11 is 0. The lowest BCUT2D eigenvalue weighted by atomic mass is 9.92. The monoisotopic (exact) mass is 270 g/mol. The molecule has 1 heterocycles. The van der Waals surface area contributed by atoms with E-state index < -0.39 is 5.60 Å². The molecule has 3 heteroatoms. The van der Waals surface area contributed by atoms with Gasteiger partial charge in [0.15, 0.2) is 0 Å². The summed E-state index contributed by atoms with van der Waals surface area (Å²) in [5.41, 5.74) is 7.77. The van der Waals surface area contributed by atoms with Crippen LogP contribution in [0.5, 0.6) is 0 Å². The molecule has 3 nitrogen and oxygen atoms in total. The second-order valence-corrected chi connectivity index (χ2v) is 5.98. The van der Waals surface area contributed by atoms with Gasteiger partial charge in [0.1, 0.15) is 0 Å². The van der Waals surface area contributed by atoms with Crippen LogP contribution in [0.3, 0.4) is 0 Å². The lowest BCUT2D eigenvalue weighted by molar-refractivity contribution is 0.0352. The minimum Gasteiger partial charge on any atom is -0.390 e. The highest BCUT2D eigenvalue weighted by Crippen LogP contribution is 2.32. The van der Waals surface area contributed by atoms with E-state index in [0.717, 1.165) is 25.9 Å². The molecule has 3 rings (SSSR count). The van der Waals surface area contributed by atoms with Crippen molar-refractivity contribution in [1.29, 1.82) is 0 Å². The quantitative estimate of drug-likeness (QED) is 0.882. The molecule has 1 fully saturated rings. The molecule has 0 unspecified atom stereocenters. The van der Waals surface area contributed by atoms with Crippen molar-refractivity contribution in [3.8, 4) is 0 Å². The molecule has 1 saturated heterocycles. The van der Waals surface area contributed by atoms with Crippen LogP contribution in [0.15, 0.2) is 36.4 Å². The van der Waals surface area contributed by atoms with Gasteiger partial charge in [0.25, 0.3) is 0 Å². The van der Waals surface area contributed by atoms with Crippen molar-refractivity contribution in [2.24, 2.45) is 5.73 Å². The molecule has 0 atom stereocenters. The van der Waals surface area contributed by atoms with Crippen LogP contribution in [0.1, 0.15) is 25.3 Å². The number of piperidine rings is 1. The molecule has 2 aromatic rings. The molecule has 2 aromatic carbocycles. The van der Waals surface area contributed by atoms with Crippen LogP contribution in [-0.2, 0) is 6.54 Å². The lowest BCUT2D eigenvalue weighted by Crippen LogP contribution is -2.42. The van der Waals surface area contributed by atoms with Crippen LogP contribution in [0.2, 0.25) is 0 Å². The third-order valence-corrected chi connectivity index (χ3v) is 4.39. The Bertz CT molecular complexity index is 611. The first-order chi connectivity index (χ1) is 9.61. The van der Waals surface area contributed by atoms with E-state index in [2.05, 4.69) is 41.3 Å². The van der Waals surface area contributed by atoms with Gasteiger partial charge in [-0.05, 0) is 36.8 Å². The maximum absolute atomic E-state index is 10.1. The van der Waals surface area contributed by atoms with E-state index in [9.17, 15) is 5.11 Å². The molecule has 0 spiro atoms. The summed E-state index contributed by atoms with van der Waals surface area (Å²) in [6.07, 6.45) is 1.64. The molecule has 106 valence electrons. The predicted molar refractivity (Wildman–Crippen MR) is 83.9 cm³/mol. The highest BCUT2D eigenvalue weighted by atomic mass is 16.3. The second-order valence-electron chi connectivity index (χ2n) is 5.98. The molecule has 0 bridgehead atoms. The highest BCUT2D eigenvalue weighted by molar-refractivity contribution is 5.96. The van der Waals surface area contributed by atoms with Crippen molar-refractivity contribution in [3.63, 3.8) is 0 Å². The van der Waals surface area contributed by atoms with Crippen LogP contribution in [0.4, 0.5) is 5.69 Å². The van der Waals surface area contributed by atoms with E-state index in [0.29, 0.717) is 6.54 Å². The minimum atomic E-state index is -0.510. The summed E-state index contributed by atoms with van der Waals surface area (Å²) < 4.78 is 0. The first-order valence-electron chi connectivity index (χ1n) is 7.29. The van der Waals surface area contributed by atoms with Crippen molar-refractivity contribution < 1.29 is 5.11 Å². The van der Waals surface area contributed by atoms with Crippen LogP contribution in [0.25, 0.3) is 10.8 Å². The SMILES string of the molecule is CC1(O)CCN(c2ccc(CN)c3ccccc23)CC1. The summed E-state index contributed by atoms with van der Waals surface area (Å²) in [5.74, 6) is 0. The highest BCUT2D eigenvalue weighted by Gasteiger charge is 2.28. The third kappa shape index (κ3) is 2.39. The Kier molecular flexibility index (Phi) is 3.40. The van der Waals surface area contributed by atoms with Gasteiger partial charge in [-0.25, -0.2) is 0 Å². The Labute approximate surface area is 120 Å². The summed E-state index contributed by atoms with van der Waals surface area (Å²) in [4.78, 5) is 2.38. The van der Waals surface area contributed by atoms with Crippen LogP contribution in [-0.4, -0.2) is 23.8 Å². The molecule has 1 aliphatic rings. The van der Waals surface area contributed by atoms with Gasteiger partial charge in [-0.15, -0.1) is 0 Å². The van der Waals surface area contributed by atoms with Gasteiger partial charge in [0, 0.05) is 30.7 Å². The largest absolute Gasteiger partial charge is 0.390 e. The number of aliphatic hydroxyl groups is 1. The van der Waals surface area contributed by atoms with E-state index in [1.54, 1.807) is 0 Å². The Morgan fingerprint density at radius 1 is 1.10 bits per heavy atom. The molecule has 0 saturated carbocycles. The fraction of sp³-hybridized carbons (Fsp3) is 0.412. The van der Waals surface area contributed by atoms with Crippen LogP contribution >= 0.6 is 0 Å². The third-order valence-electron chi connectivity index (χ3n) is 4.39. The van der Waals surface area contributed by atoms with E-state index in [-0.39, 0.29) is 0 Å². The number of anilines is 1. The number of nitrogens with two attached hydrogens (primary N) is 1. The van der Waals surface area contributed by atoms with E-state index in [1.165, 1.54) is 22.0 Å². The summed E-state index contributed by atoms with van der Waals surface area (Å²) in [6, 6.07) is 12.7. The maximum Gasteiger partial charge on any atom is 0.0653 e. The molecular formula is C17H22N2O. The Morgan fingerprint density at radius 3 is 2.40 bits per heavy atom. The van der Waals surface area contributed by atoms with Crippen molar-refractivity contribution in [2.75, 3.05) is 18.0 Å². The first kappa shape index (κ1) is 13.4. The van der Waals surface area contributed by atoms with Crippen LogP contribution in [0, 0.1) is 0 Å². The van der Waals surface area contributed by atoms with Crippen molar-refractivity contribution in [2.45, 2.75) is 31.9 Å². The average Bonchev–Trinajstić information content (AvgIpc) is 2.46. The lowest BCUT2D eigenvalue weighted by Gasteiger charge is -2.37. The maximum atomic E-state index is 10.1. The van der Waals surface area contributed by atoms with E-state index in [4.69, 9.17) is 5.73 Å². The van der Waals surface area contributed by atoms with Crippen molar-refractivity contribution >= 4 is 16.5 Å². The molecule has 0 radical (unpaired) electrons. The summed E-state index contributed by atoms with van der Waals surface area (Å²) in [6.45, 7) is 4.30. The number of rotatable bonds is 2. The zero-order chi connectivity index (χ0) is 14.2. The predicted octanol–water partition coefficient (Wildman–Crippen LogP) is 2.65. The molecular weight excluding hydrogens is 248 g/mol. The molecule has 0 aliphatic carbocycles. The molecule has 0 amide bonds. The molecule has 0 aromatic heterocycles. The first-order valence-corrected chi connectivity index (χ1v) is 7.29. The van der Waals surface area contributed by atoms with E-state index >= 15 is 0 Å². The summed E-state index contributed by atoms with van der Waals surface area (Å²) in [7, 11) is 0. The van der Waals surface area contributed by atoms with Gasteiger partial charge >= 0.3 is 0 Å². The van der Waals surface area contributed by atoms with Crippen molar-refractivity contribution in [1.82, 2.24) is 0 Å². The zero-order valence-electron chi connectivity index (χ0n) is 12.0. The fourth-order valence-electron chi connectivity index (χ4n) is 3.03. The van der Waals surface area contributed by atoms with Gasteiger partial charge in [-0.2, -0.15) is 0 Å². The number of hydrogen-bond donors (Lipinski definition) is 2. The number of nitrogens with zero attached hydrogens (tertiary/aromatic N) is 1. The number of hydrogen-bond acceptors (Lipinski definition) is 3. The van der Waals surface area contributed by atoms with Crippen molar-refractivity contribution in [3.05, 3.63) is 42.0 Å². The molecule has 3 N–H and O–H groups in total. The van der Waals surface area contributed by atoms with Gasteiger partial charge in [-0.3, -0.25) is 0 Å². The fourth-order valence-corrected chi connectivity index (χ4v) is 3.03. The van der Waals surface area contributed by atoms with E-state index in [1.807, 2.05) is 6.92 Å². The summed E-state index contributed by atoms with van der Waals surface area (Å²) in [5, 5.41) is 12.6. The molecule has 20 heavy (non-hydrogen) atoms. The van der Waals surface area contributed by atoms with Gasteiger partial charge in [0.05, 0.1) is 5.60 Å². The Balaban J connectivity index is 2.01. The smallest absolute Gasteiger partial charge is 0.0653 e. The second kappa shape index (κ2) is 5.08. The Hall–Kier alpha value is -1.58. The van der Waals surface area contributed by atoms with Gasteiger partial charge in [0.2, 0.25) is 0 Å². The van der Waals surface area contributed by atoms with Gasteiger partial charge in [-0.1, -0.05) is 30.3 Å². The number of benzene rings is 2. The average molecular weight is 270 g/mol. The Morgan fingerprint density at radius 2 is 1.75 bits per heavy atom. The zero-order valence-corrected chi connectivity index (χ0v) is 12.0. The van der Waals surface area contributed by atoms with Gasteiger partial charge < -0.3 is 15.7 Å². The number of fused-ring (bicyclic) bond motifs is 1. The minimum absolute atomic E-state index is 0.510. The topological polar surface area (TPSA) is 49.5 Å². The van der Waals surface area contributed by atoms with Crippen LogP contribution < -0.4 is 10.6 Å². The molecule has 1 aliphatic heterocycles. The normalized spacial score (nSPS) is 18.4.